The molecule has 0 radical (unpaired) electrons. The summed E-state index contributed by atoms with van der Waals surface area (Å²) in [7, 11) is 15.8. The Morgan fingerprint density at radius 2 is 1.93 bits per heavy atom. The predicted octanol–water partition coefficient (Wildman–Crippen LogP) is 2.82. The summed E-state index contributed by atoms with van der Waals surface area (Å²) in [5.41, 5.74) is 2.45. The van der Waals surface area contributed by atoms with Gasteiger partial charge in [-0.05, 0) is 0 Å². The van der Waals surface area contributed by atoms with Crippen molar-refractivity contribution in [1.29, 1.82) is 0 Å². The van der Waals surface area contributed by atoms with E-state index in [-0.39, 0.29) is 0 Å². The molecule has 0 aliphatic carbocycles. The summed E-state index contributed by atoms with van der Waals surface area (Å²) >= 11 is -1.71. The Labute approximate surface area is 98.1 Å². The minimum absolute atomic E-state index is 0.919. The predicted molar refractivity (Wildman–Crippen MR) is 60.7 cm³/mol. The van der Waals surface area contributed by atoms with E-state index in [4.69, 9.17) is 19.4 Å². The molecular weight excluding hydrogens is 306 g/mol. The maximum absolute atomic E-state index is 5.86. The molecule has 0 aromatic heterocycles. The molecule has 0 saturated carbocycles. The van der Waals surface area contributed by atoms with Gasteiger partial charge in [0.05, 0.1) is 0 Å². The van der Waals surface area contributed by atoms with Crippen molar-refractivity contribution in [3.63, 3.8) is 0 Å². The molecule has 0 spiro atoms. The minimum atomic E-state index is -1.71. The van der Waals surface area contributed by atoms with Crippen LogP contribution in [0.5, 0.6) is 0 Å². The summed E-state index contributed by atoms with van der Waals surface area (Å²) in [6, 6.07) is 8.22. The fraction of sp³-hybridized carbons (Fsp3) is 0.300. The molecular formula is C10H13Cl2NRu. The molecule has 0 bridgehead atoms. The van der Waals surface area contributed by atoms with Crippen molar-refractivity contribution in [3.8, 4) is 0 Å². The molecule has 0 aliphatic rings. The van der Waals surface area contributed by atoms with E-state index in [1.165, 1.54) is 11.1 Å². The standard InChI is InChI=1S/C10H13N.2ClH.Ru/c1-9-6-4-5-7-10(9)8-11(2)3;;;/h1,4-7H,8H2,2-3H3;2*1H;/q;;;+2/p-2. The van der Waals surface area contributed by atoms with Gasteiger partial charge in [-0.1, -0.05) is 0 Å². The summed E-state index contributed by atoms with van der Waals surface area (Å²) in [6.07, 6.45) is 0. The molecule has 0 heterocycles. The van der Waals surface area contributed by atoms with Gasteiger partial charge in [0.15, 0.2) is 0 Å². The second kappa shape index (κ2) is 5.97. The van der Waals surface area contributed by atoms with Gasteiger partial charge in [-0.3, -0.25) is 0 Å². The Balaban J connectivity index is 2.97. The van der Waals surface area contributed by atoms with Gasteiger partial charge >= 0.3 is 98.4 Å². The zero-order valence-electron chi connectivity index (χ0n) is 8.15. The van der Waals surface area contributed by atoms with E-state index < -0.39 is 13.5 Å². The first kappa shape index (κ1) is 12.3. The third-order valence-corrected chi connectivity index (χ3v) is 3.56. The molecule has 1 aromatic rings. The summed E-state index contributed by atoms with van der Waals surface area (Å²) in [5, 5.41) is 0. The molecule has 0 fully saturated rings. The van der Waals surface area contributed by atoms with Crippen LogP contribution in [-0.2, 0) is 20.1 Å². The van der Waals surface area contributed by atoms with Crippen LogP contribution in [0.3, 0.4) is 0 Å². The van der Waals surface area contributed by atoms with Crippen molar-refractivity contribution < 1.29 is 13.5 Å². The molecule has 0 unspecified atom stereocenters. The molecule has 0 amide bonds. The molecule has 0 N–H and O–H groups in total. The summed E-state index contributed by atoms with van der Waals surface area (Å²) in [4.78, 5) is 2.13. The van der Waals surface area contributed by atoms with Gasteiger partial charge < -0.3 is 0 Å². The van der Waals surface area contributed by atoms with Crippen LogP contribution in [-0.4, -0.2) is 23.6 Å². The van der Waals surface area contributed by atoms with Crippen LogP contribution in [0.25, 0.3) is 0 Å². The summed E-state index contributed by atoms with van der Waals surface area (Å²) < 4.78 is 1.99. The van der Waals surface area contributed by atoms with E-state index in [9.17, 15) is 0 Å². The topological polar surface area (TPSA) is 3.24 Å². The molecule has 1 aromatic carbocycles. The van der Waals surface area contributed by atoms with E-state index in [1.807, 2.05) is 30.8 Å². The van der Waals surface area contributed by atoms with E-state index in [0.29, 0.717) is 0 Å². The number of halogens is 2. The number of benzene rings is 1. The van der Waals surface area contributed by atoms with Gasteiger partial charge in [0.2, 0.25) is 0 Å². The second-order valence-corrected chi connectivity index (χ2v) is 8.97. The molecule has 0 atom stereocenters. The van der Waals surface area contributed by atoms with Crippen LogP contribution in [0.2, 0.25) is 0 Å². The average molecular weight is 319 g/mol. The van der Waals surface area contributed by atoms with Crippen molar-refractivity contribution in [2.24, 2.45) is 0 Å². The molecule has 1 rings (SSSR count). The van der Waals surface area contributed by atoms with Crippen molar-refractivity contribution in [2.75, 3.05) is 14.1 Å². The Morgan fingerprint density at radius 1 is 1.29 bits per heavy atom. The molecule has 80 valence electrons. The first-order valence-electron chi connectivity index (χ1n) is 4.15. The second-order valence-electron chi connectivity index (χ2n) is 3.24. The van der Waals surface area contributed by atoms with Gasteiger partial charge in [-0.25, -0.2) is 0 Å². The normalized spacial score (nSPS) is 11.6. The van der Waals surface area contributed by atoms with Crippen molar-refractivity contribution in [3.05, 3.63) is 35.4 Å². The van der Waals surface area contributed by atoms with E-state index in [2.05, 4.69) is 17.0 Å². The Morgan fingerprint density at radius 3 is 2.50 bits per heavy atom. The van der Waals surface area contributed by atoms with Gasteiger partial charge in [-0.2, -0.15) is 0 Å². The Hall–Kier alpha value is 0.253. The zero-order valence-corrected chi connectivity index (χ0v) is 11.4. The third-order valence-electron chi connectivity index (χ3n) is 1.73. The van der Waals surface area contributed by atoms with Gasteiger partial charge in [0.1, 0.15) is 0 Å². The number of nitrogens with zero attached hydrogens (tertiary/aromatic N) is 1. The van der Waals surface area contributed by atoms with Gasteiger partial charge in [-0.15, -0.1) is 0 Å². The third kappa shape index (κ3) is 4.19. The Kier molecular flexibility index (Phi) is 5.26. The van der Waals surface area contributed by atoms with Crippen LogP contribution >= 0.6 is 19.4 Å². The molecule has 1 nitrogen and oxygen atoms in total. The van der Waals surface area contributed by atoms with Crippen LogP contribution in [0.1, 0.15) is 11.1 Å². The quantitative estimate of drug-likeness (QED) is 0.775. The molecule has 4 heteroatoms. The van der Waals surface area contributed by atoms with E-state index >= 15 is 0 Å². The first-order valence-corrected chi connectivity index (χ1v) is 9.63. The SMILES string of the molecule is CN(C)Cc1ccccc1[CH]=[Ru]([Cl])[Cl]. The number of hydrogen-bond acceptors (Lipinski definition) is 1. The fourth-order valence-electron chi connectivity index (χ4n) is 1.20. The fourth-order valence-corrected chi connectivity index (χ4v) is 3.08. The van der Waals surface area contributed by atoms with E-state index in [0.717, 1.165) is 6.54 Å². The Bertz CT molecular complexity index is 333. The maximum atomic E-state index is 5.86. The molecule has 14 heavy (non-hydrogen) atoms. The van der Waals surface area contributed by atoms with Crippen molar-refractivity contribution in [1.82, 2.24) is 4.90 Å². The zero-order chi connectivity index (χ0) is 10.6. The van der Waals surface area contributed by atoms with Gasteiger partial charge in [0.25, 0.3) is 0 Å². The van der Waals surface area contributed by atoms with Crippen LogP contribution < -0.4 is 0 Å². The summed E-state index contributed by atoms with van der Waals surface area (Å²) in [5.74, 6) is 0. The molecule has 0 aliphatic heterocycles. The summed E-state index contributed by atoms with van der Waals surface area (Å²) in [6.45, 7) is 0.919. The van der Waals surface area contributed by atoms with Gasteiger partial charge in [0, 0.05) is 0 Å². The van der Waals surface area contributed by atoms with Crippen LogP contribution in [0, 0.1) is 0 Å². The van der Waals surface area contributed by atoms with Crippen LogP contribution in [0.4, 0.5) is 0 Å². The average Bonchev–Trinajstić information content (AvgIpc) is 2.06. The number of hydrogen-bond donors (Lipinski definition) is 0. The molecule has 0 saturated heterocycles. The first-order chi connectivity index (χ1) is 6.59. The van der Waals surface area contributed by atoms with Crippen molar-refractivity contribution in [2.45, 2.75) is 6.54 Å². The van der Waals surface area contributed by atoms with Crippen molar-refractivity contribution >= 4 is 24.0 Å². The van der Waals surface area contributed by atoms with E-state index in [1.54, 1.807) is 0 Å². The van der Waals surface area contributed by atoms with Crippen LogP contribution in [0.15, 0.2) is 24.3 Å². The number of rotatable bonds is 3. The monoisotopic (exact) mass is 319 g/mol.